The maximum atomic E-state index is 12.8. The fourth-order valence-electron chi connectivity index (χ4n) is 1.65. The van der Waals surface area contributed by atoms with Crippen LogP contribution in [-0.4, -0.2) is 61.3 Å². The first-order valence-electron chi connectivity index (χ1n) is 4.88. The Hall–Kier alpha value is -0.850. The summed E-state index contributed by atoms with van der Waals surface area (Å²) in [4.78, 5) is 13.7. The molecule has 1 aliphatic rings. The molecule has 0 N–H and O–H groups in total. The summed E-state index contributed by atoms with van der Waals surface area (Å²) in [5, 5.41) is 0. The Bertz CT molecular complexity index is 270. The highest BCUT2D eigenvalue weighted by Crippen LogP contribution is 2.27. The largest absolute Gasteiger partial charge is 0.383 e. The zero-order valence-corrected chi connectivity index (χ0v) is 9.09. The van der Waals surface area contributed by atoms with Gasteiger partial charge in [-0.2, -0.15) is 8.78 Å². The van der Waals surface area contributed by atoms with E-state index >= 15 is 0 Å². The van der Waals surface area contributed by atoms with Crippen molar-refractivity contribution in [3.05, 3.63) is 0 Å². The molecule has 7 heteroatoms. The third-order valence-corrected chi connectivity index (χ3v) is 2.74. The van der Waals surface area contributed by atoms with Crippen molar-refractivity contribution in [2.45, 2.75) is 24.8 Å². The van der Waals surface area contributed by atoms with E-state index in [1.807, 2.05) is 0 Å². The van der Waals surface area contributed by atoms with E-state index in [2.05, 4.69) is 0 Å². The number of alkyl halides is 4. The van der Waals surface area contributed by atoms with Crippen LogP contribution in [0.1, 0.15) is 6.42 Å². The second kappa shape index (κ2) is 4.57. The average molecular weight is 242 g/mol. The van der Waals surface area contributed by atoms with Crippen LogP contribution in [0, 0.1) is 0 Å². The van der Waals surface area contributed by atoms with Crippen LogP contribution >= 0.6 is 0 Å². The van der Waals surface area contributed by atoms with Gasteiger partial charge in [-0.05, 0) is 20.5 Å². The molecular weight excluding hydrogens is 228 g/mol. The van der Waals surface area contributed by atoms with Crippen LogP contribution < -0.4 is 0 Å². The van der Waals surface area contributed by atoms with Gasteiger partial charge in [-0.3, -0.25) is 4.79 Å². The molecule has 1 saturated heterocycles. The van der Waals surface area contributed by atoms with Crippen LogP contribution in [0.3, 0.4) is 0 Å². The van der Waals surface area contributed by atoms with Gasteiger partial charge in [0.15, 0.2) is 0 Å². The zero-order chi connectivity index (χ0) is 12.5. The van der Waals surface area contributed by atoms with E-state index < -0.39 is 18.3 Å². The molecule has 0 aromatic carbocycles. The van der Waals surface area contributed by atoms with Crippen LogP contribution in [0.2, 0.25) is 0 Å². The monoisotopic (exact) mass is 242 g/mol. The molecule has 3 nitrogen and oxygen atoms in total. The lowest BCUT2D eigenvalue weighted by molar-refractivity contribution is -0.179. The smallest absolute Gasteiger partial charge is 0.336 e. The number of carbonyl (C=O) groups excluding carboxylic acids is 1. The lowest BCUT2D eigenvalue weighted by atomic mass is 10.2. The number of carbonyl (C=O) groups is 1. The number of hydrogen-bond donors (Lipinski definition) is 0. The lowest BCUT2D eigenvalue weighted by Gasteiger charge is -2.23. The van der Waals surface area contributed by atoms with Crippen molar-refractivity contribution in [2.75, 3.05) is 27.2 Å². The van der Waals surface area contributed by atoms with Gasteiger partial charge in [0, 0.05) is 19.1 Å². The summed E-state index contributed by atoms with van der Waals surface area (Å²) in [5.74, 6) is -6.34. The van der Waals surface area contributed by atoms with Crippen LogP contribution in [0.15, 0.2) is 0 Å². The fourth-order valence-corrected chi connectivity index (χ4v) is 1.65. The summed E-state index contributed by atoms with van der Waals surface area (Å²) >= 11 is 0. The minimum absolute atomic E-state index is 0.0441. The molecule has 1 heterocycles. The summed E-state index contributed by atoms with van der Waals surface area (Å²) < 4.78 is 49.5. The predicted octanol–water partition coefficient (Wildman–Crippen LogP) is 1.05. The van der Waals surface area contributed by atoms with E-state index in [4.69, 9.17) is 0 Å². The molecule has 1 amide bonds. The van der Waals surface area contributed by atoms with Gasteiger partial charge in [0.2, 0.25) is 0 Å². The highest BCUT2D eigenvalue weighted by atomic mass is 19.3. The molecule has 0 radical (unpaired) electrons. The van der Waals surface area contributed by atoms with Crippen LogP contribution in [-0.2, 0) is 4.79 Å². The summed E-state index contributed by atoms with van der Waals surface area (Å²) in [6, 6.07) is -0.0441. The van der Waals surface area contributed by atoms with Gasteiger partial charge < -0.3 is 9.80 Å². The number of hydrogen-bond acceptors (Lipinski definition) is 2. The first-order valence-corrected chi connectivity index (χ1v) is 4.88. The van der Waals surface area contributed by atoms with Gasteiger partial charge in [-0.15, -0.1) is 0 Å². The maximum Gasteiger partial charge on any atom is 0.383 e. The first-order chi connectivity index (χ1) is 7.26. The number of rotatable bonds is 3. The Balaban J connectivity index is 2.64. The molecule has 0 spiro atoms. The Labute approximate surface area is 91.0 Å². The Morgan fingerprint density at radius 2 is 2.00 bits per heavy atom. The third-order valence-electron chi connectivity index (χ3n) is 2.74. The van der Waals surface area contributed by atoms with E-state index in [-0.39, 0.29) is 19.1 Å². The SMILES string of the molecule is CN(C)C1CCN(C(=O)C(F)(F)C(F)F)C1. The van der Waals surface area contributed by atoms with Gasteiger partial charge in [0.25, 0.3) is 5.91 Å². The Kier molecular flexibility index (Phi) is 3.77. The number of likely N-dealkylation sites (N-methyl/N-ethyl adjacent to an activating group) is 1. The summed E-state index contributed by atoms with van der Waals surface area (Å²) in [6.45, 7) is 0.179. The molecule has 94 valence electrons. The van der Waals surface area contributed by atoms with Crippen molar-refractivity contribution in [3.8, 4) is 0 Å². The average Bonchev–Trinajstić information content (AvgIpc) is 2.64. The van der Waals surface area contributed by atoms with Crippen molar-refractivity contribution < 1.29 is 22.4 Å². The molecule has 1 atom stereocenters. The second-order valence-electron chi connectivity index (χ2n) is 4.08. The highest BCUT2D eigenvalue weighted by molar-refractivity contribution is 5.84. The van der Waals surface area contributed by atoms with E-state index in [1.54, 1.807) is 19.0 Å². The molecule has 1 unspecified atom stereocenters. The van der Waals surface area contributed by atoms with Gasteiger partial charge in [0.05, 0.1) is 0 Å². The lowest BCUT2D eigenvalue weighted by Crippen LogP contribution is -2.47. The van der Waals surface area contributed by atoms with Crippen molar-refractivity contribution in [1.29, 1.82) is 0 Å². The van der Waals surface area contributed by atoms with Gasteiger partial charge in [-0.25, -0.2) is 8.78 Å². The zero-order valence-electron chi connectivity index (χ0n) is 9.09. The number of nitrogens with zero attached hydrogens (tertiary/aromatic N) is 2. The van der Waals surface area contributed by atoms with Crippen molar-refractivity contribution in [3.63, 3.8) is 0 Å². The third kappa shape index (κ3) is 2.45. The van der Waals surface area contributed by atoms with Crippen LogP contribution in [0.5, 0.6) is 0 Å². The first kappa shape index (κ1) is 13.2. The number of likely N-dealkylation sites (tertiary alicyclic amines) is 1. The van der Waals surface area contributed by atoms with Gasteiger partial charge >= 0.3 is 12.3 Å². The topological polar surface area (TPSA) is 23.6 Å². The summed E-state index contributed by atoms with van der Waals surface area (Å²) in [6.07, 6.45) is -3.42. The van der Waals surface area contributed by atoms with Crippen molar-refractivity contribution in [1.82, 2.24) is 9.80 Å². The van der Waals surface area contributed by atoms with Gasteiger partial charge in [-0.1, -0.05) is 0 Å². The predicted molar refractivity (Wildman–Crippen MR) is 49.6 cm³/mol. The number of amides is 1. The quantitative estimate of drug-likeness (QED) is 0.691. The normalized spacial score (nSPS) is 22.2. The molecule has 0 aliphatic carbocycles. The molecule has 0 aromatic heterocycles. The molecule has 0 saturated carbocycles. The molecule has 0 bridgehead atoms. The van der Waals surface area contributed by atoms with Crippen molar-refractivity contribution in [2.24, 2.45) is 0 Å². The minimum Gasteiger partial charge on any atom is -0.336 e. The molecule has 1 rings (SSSR count). The maximum absolute atomic E-state index is 12.8. The second-order valence-corrected chi connectivity index (χ2v) is 4.08. The fraction of sp³-hybridized carbons (Fsp3) is 0.889. The summed E-state index contributed by atoms with van der Waals surface area (Å²) in [7, 11) is 3.51. The molecular formula is C9H14F4N2O. The standard InChI is InChI=1S/C9H14F4N2O/c1-14(2)6-3-4-15(5-6)8(16)9(12,13)7(10)11/h6-7H,3-5H2,1-2H3. The highest BCUT2D eigenvalue weighted by Gasteiger charge is 2.52. The number of halogens is 4. The van der Waals surface area contributed by atoms with E-state index in [0.29, 0.717) is 6.42 Å². The Morgan fingerprint density at radius 3 is 2.38 bits per heavy atom. The molecule has 16 heavy (non-hydrogen) atoms. The van der Waals surface area contributed by atoms with Crippen LogP contribution in [0.4, 0.5) is 17.6 Å². The molecule has 0 aromatic rings. The molecule has 1 aliphatic heterocycles. The van der Waals surface area contributed by atoms with Gasteiger partial charge in [0.1, 0.15) is 0 Å². The minimum atomic E-state index is -4.57. The van der Waals surface area contributed by atoms with Crippen molar-refractivity contribution >= 4 is 5.91 Å². The van der Waals surface area contributed by atoms with E-state index in [1.165, 1.54) is 0 Å². The van der Waals surface area contributed by atoms with E-state index in [9.17, 15) is 22.4 Å². The molecule has 1 fully saturated rings. The summed E-state index contributed by atoms with van der Waals surface area (Å²) in [5.41, 5.74) is 0. The Morgan fingerprint density at radius 1 is 1.44 bits per heavy atom. The van der Waals surface area contributed by atoms with E-state index in [0.717, 1.165) is 4.90 Å². The van der Waals surface area contributed by atoms with Crippen LogP contribution in [0.25, 0.3) is 0 Å².